The van der Waals surface area contributed by atoms with Crippen LogP contribution >= 0.6 is 0 Å². The molecule has 1 N–H and O–H groups in total. The molecule has 4 aliphatic rings. The number of fused-ring (bicyclic) bond motifs is 4. The summed E-state index contributed by atoms with van der Waals surface area (Å²) in [5, 5.41) is 10.7. The van der Waals surface area contributed by atoms with Gasteiger partial charge in [0.2, 0.25) is 0 Å². The lowest BCUT2D eigenvalue weighted by atomic mass is 9.49. The average Bonchev–Trinajstić information content (AvgIpc) is 3.05. The summed E-state index contributed by atoms with van der Waals surface area (Å²) in [4.78, 5) is 0. The van der Waals surface area contributed by atoms with Crippen LogP contribution in [0.1, 0.15) is 112 Å². The predicted molar refractivity (Wildman–Crippen MR) is 128 cm³/mol. The number of allylic oxidation sites excluding steroid dienone is 4. The molecule has 7 atom stereocenters. The minimum absolute atomic E-state index is 0.0640. The Morgan fingerprint density at radius 3 is 2.50 bits per heavy atom. The van der Waals surface area contributed by atoms with Crippen LogP contribution in [0.2, 0.25) is 0 Å². The first-order valence-electron chi connectivity index (χ1n) is 13.3. The molecule has 0 saturated heterocycles. The van der Waals surface area contributed by atoms with Crippen LogP contribution in [0.25, 0.3) is 0 Å². The average molecular weight is 413 g/mol. The third kappa shape index (κ3) is 3.56. The second-order valence-corrected chi connectivity index (χ2v) is 12.4. The van der Waals surface area contributed by atoms with Gasteiger partial charge in [0.05, 0.1) is 6.10 Å². The molecule has 0 aliphatic heterocycles. The van der Waals surface area contributed by atoms with Crippen LogP contribution in [-0.2, 0) is 0 Å². The van der Waals surface area contributed by atoms with E-state index in [0.717, 1.165) is 30.6 Å². The number of aliphatic hydroxyl groups excluding tert-OH is 1. The van der Waals surface area contributed by atoms with Gasteiger partial charge in [-0.1, -0.05) is 78.9 Å². The van der Waals surface area contributed by atoms with Crippen molar-refractivity contribution in [2.24, 2.45) is 40.4 Å². The lowest BCUT2D eigenvalue weighted by Crippen LogP contribution is -2.48. The van der Waals surface area contributed by atoms with E-state index in [9.17, 15) is 5.11 Å². The summed E-state index contributed by atoms with van der Waals surface area (Å²) in [6, 6.07) is 0. The van der Waals surface area contributed by atoms with E-state index >= 15 is 0 Å². The van der Waals surface area contributed by atoms with Crippen LogP contribution in [0.4, 0.5) is 0 Å². The zero-order valence-electron chi connectivity index (χ0n) is 20.8. The third-order valence-electron chi connectivity index (χ3n) is 10.4. The zero-order valence-corrected chi connectivity index (χ0v) is 20.8. The predicted octanol–water partition coefficient (Wildman–Crippen LogP) is 8.09. The van der Waals surface area contributed by atoms with Crippen molar-refractivity contribution in [3.05, 3.63) is 22.8 Å². The number of aliphatic hydroxyl groups is 1. The van der Waals surface area contributed by atoms with Crippen LogP contribution in [0, 0.1) is 40.4 Å². The number of hydrogen-bond acceptors (Lipinski definition) is 1. The lowest BCUT2D eigenvalue weighted by molar-refractivity contribution is -0.0386. The minimum Gasteiger partial charge on any atom is -0.393 e. The van der Waals surface area contributed by atoms with E-state index in [0.29, 0.717) is 22.7 Å². The third-order valence-corrected chi connectivity index (χ3v) is 10.4. The summed E-state index contributed by atoms with van der Waals surface area (Å²) in [5.74, 6) is 3.73. The monoisotopic (exact) mass is 412 g/mol. The summed E-state index contributed by atoms with van der Waals surface area (Å²) in [6.07, 6.45) is 16.7. The Kier molecular flexibility index (Phi) is 6.35. The maximum Gasteiger partial charge on any atom is 0.0571 e. The molecule has 0 heterocycles. The Morgan fingerprint density at radius 1 is 1.03 bits per heavy atom. The van der Waals surface area contributed by atoms with Crippen molar-refractivity contribution < 1.29 is 5.11 Å². The van der Waals surface area contributed by atoms with E-state index in [1.54, 1.807) is 11.1 Å². The van der Waals surface area contributed by atoms with Crippen molar-refractivity contribution in [3.8, 4) is 0 Å². The zero-order chi connectivity index (χ0) is 21.7. The van der Waals surface area contributed by atoms with Crippen LogP contribution in [0.15, 0.2) is 22.8 Å². The summed E-state index contributed by atoms with van der Waals surface area (Å²) in [6.45, 7) is 14.8. The molecular formula is C29H48O. The Balaban J connectivity index is 1.56. The normalized spacial score (nSPS) is 41.9. The highest BCUT2D eigenvalue weighted by atomic mass is 16.3. The van der Waals surface area contributed by atoms with Gasteiger partial charge in [0, 0.05) is 0 Å². The van der Waals surface area contributed by atoms with E-state index in [1.165, 1.54) is 57.8 Å². The molecule has 0 spiro atoms. The molecule has 0 aromatic heterocycles. The largest absolute Gasteiger partial charge is 0.393 e. The van der Waals surface area contributed by atoms with Gasteiger partial charge in [-0.05, 0) is 96.5 Å². The molecule has 1 nitrogen and oxygen atoms in total. The second kappa shape index (κ2) is 8.42. The minimum atomic E-state index is -0.0640. The van der Waals surface area contributed by atoms with Crippen LogP contribution < -0.4 is 0 Å². The molecule has 30 heavy (non-hydrogen) atoms. The Morgan fingerprint density at radius 2 is 1.80 bits per heavy atom. The summed E-state index contributed by atoms with van der Waals surface area (Å²) in [7, 11) is 0. The van der Waals surface area contributed by atoms with E-state index in [-0.39, 0.29) is 6.10 Å². The molecular weight excluding hydrogens is 364 g/mol. The second-order valence-electron chi connectivity index (χ2n) is 12.4. The van der Waals surface area contributed by atoms with Gasteiger partial charge in [-0.25, -0.2) is 0 Å². The molecule has 3 unspecified atom stereocenters. The van der Waals surface area contributed by atoms with Crippen molar-refractivity contribution in [2.45, 2.75) is 118 Å². The van der Waals surface area contributed by atoms with Crippen molar-refractivity contribution in [3.63, 3.8) is 0 Å². The van der Waals surface area contributed by atoms with Crippen molar-refractivity contribution in [2.75, 3.05) is 0 Å². The molecule has 170 valence electrons. The Labute approximate surface area is 186 Å². The fourth-order valence-corrected chi connectivity index (χ4v) is 8.60. The molecule has 1 saturated carbocycles. The molecule has 0 amide bonds. The molecule has 0 radical (unpaired) electrons. The van der Waals surface area contributed by atoms with Gasteiger partial charge >= 0.3 is 0 Å². The molecule has 0 aromatic carbocycles. The Hall–Kier alpha value is -0.560. The SMILES string of the molecule is CCC1C(O)CC[C@]2(C)C3=C(CCC12)C1=CC[C@H]([C@H](C)CCCC(C)C)[C@@]1(C)CC3. The van der Waals surface area contributed by atoms with E-state index in [1.807, 2.05) is 5.57 Å². The quantitative estimate of drug-likeness (QED) is 0.467. The van der Waals surface area contributed by atoms with Gasteiger partial charge in [-0.3, -0.25) is 0 Å². The number of hydrogen-bond donors (Lipinski definition) is 1. The molecule has 4 rings (SSSR count). The summed E-state index contributed by atoms with van der Waals surface area (Å²) >= 11 is 0. The van der Waals surface area contributed by atoms with Crippen molar-refractivity contribution in [1.29, 1.82) is 0 Å². The maximum absolute atomic E-state index is 10.7. The fourth-order valence-electron chi connectivity index (χ4n) is 8.60. The van der Waals surface area contributed by atoms with Crippen molar-refractivity contribution in [1.82, 2.24) is 0 Å². The molecule has 1 fully saturated rings. The Bertz CT molecular complexity index is 699. The first-order chi connectivity index (χ1) is 14.2. The molecule has 0 bridgehead atoms. The van der Waals surface area contributed by atoms with Gasteiger partial charge in [0.25, 0.3) is 0 Å². The highest BCUT2D eigenvalue weighted by Gasteiger charge is 2.54. The van der Waals surface area contributed by atoms with Crippen LogP contribution in [0.5, 0.6) is 0 Å². The highest BCUT2D eigenvalue weighted by molar-refractivity contribution is 5.49. The highest BCUT2D eigenvalue weighted by Crippen LogP contribution is 2.65. The summed E-state index contributed by atoms with van der Waals surface area (Å²) in [5.41, 5.74) is 6.13. The molecule has 1 heteroatoms. The number of rotatable bonds is 6. The van der Waals surface area contributed by atoms with E-state index in [2.05, 4.69) is 47.6 Å². The van der Waals surface area contributed by atoms with Gasteiger partial charge in [-0.15, -0.1) is 0 Å². The fraction of sp³-hybridized carbons (Fsp3) is 0.862. The first kappa shape index (κ1) is 22.6. The smallest absolute Gasteiger partial charge is 0.0571 e. The van der Waals surface area contributed by atoms with Gasteiger partial charge in [-0.2, -0.15) is 0 Å². The first-order valence-corrected chi connectivity index (χ1v) is 13.3. The maximum atomic E-state index is 10.7. The van der Waals surface area contributed by atoms with E-state index in [4.69, 9.17) is 0 Å². The van der Waals surface area contributed by atoms with Crippen LogP contribution in [0.3, 0.4) is 0 Å². The van der Waals surface area contributed by atoms with Gasteiger partial charge in [0.15, 0.2) is 0 Å². The molecule has 4 aliphatic carbocycles. The van der Waals surface area contributed by atoms with Crippen molar-refractivity contribution >= 4 is 0 Å². The van der Waals surface area contributed by atoms with Gasteiger partial charge < -0.3 is 5.11 Å². The topological polar surface area (TPSA) is 20.2 Å². The standard InChI is InChI=1S/C29H48O/c1-7-21-24-12-11-22-25-14-13-23(20(4)10-8-9-19(2)3)28(25,5)17-15-26(22)29(24,6)18-16-27(21)30/h14,19-21,23-24,27,30H,7-13,15-18H2,1-6H3/t20-,21?,23-,24?,27?,28-,29+/m1/s1. The summed E-state index contributed by atoms with van der Waals surface area (Å²) < 4.78 is 0. The van der Waals surface area contributed by atoms with E-state index < -0.39 is 0 Å². The lowest BCUT2D eigenvalue weighted by Gasteiger charge is -2.56. The molecule has 0 aromatic rings. The van der Waals surface area contributed by atoms with Crippen LogP contribution in [-0.4, -0.2) is 11.2 Å². The van der Waals surface area contributed by atoms with Gasteiger partial charge in [0.1, 0.15) is 0 Å².